The molecule has 2 aromatic carbocycles. The maximum absolute atomic E-state index is 12.2. The van der Waals surface area contributed by atoms with Crippen molar-refractivity contribution in [2.75, 3.05) is 6.26 Å². The van der Waals surface area contributed by atoms with Crippen molar-refractivity contribution in [1.82, 2.24) is 0 Å². The summed E-state index contributed by atoms with van der Waals surface area (Å²) in [5, 5.41) is 0.750. The van der Waals surface area contributed by atoms with Gasteiger partial charge in [0, 0.05) is 21.9 Å². The molecule has 0 aliphatic rings. The van der Waals surface area contributed by atoms with E-state index in [1.54, 1.807) is 24.3 Å². The van der Waals surface area contributed by atoms with E-state index >= 15 is 0 Å². The molecular weight excluding hydrogens is 304 g/mol. The fourth-order valence-corrected chi connectivity index (χ4v) is 5.07. The molecule has 0 aliphatic carbocycles. The van der Waals surface area contributed by atoms with Gasteiger partial charge < -0.3 is 0 Å². The zero-order valence-electron chi connectivity index (χ0n) is 11.2. The Balaban J connectivity index is 2.33. The highest BCUT2D eigenvalue weighted by Crippen LogP contribution is 2.41. The molecule has 0 amide bonds. The largest absolute Gasteiger partial charge is 0.298 e. The molecule has 106 valence electrons. The quantitative estimate of drug-likeness (QED) is 0.691. The van der Waals surface area contributed by atoms with Crippen LogP contribution in [0.3, 0.4) is 0 Å². The number of fused-ring (bicyclic) bond motifs is 1. The number of carbonyl (C=O) groups excluding carboxylic acids is 1. The number of thiophene rings is 1. The normalized spacial score (nSPS) is 11.7. The van der Waals surface area contributed by atoms with Gasteiger partial charge in [-0.05, 0) is 11.6 Å². The molecule has 0 unspecified atom stereocenters. The van der Waals surface area contributed by atoms with Gasteiger partial charge in [0.25, 0.3) is 0 Å². The van der Waals surface area contributed by atoms with Crippen molar-refractivity contribution in [2.24, 2.45) is 0 Å². The first-order valence-corrected chi connectivity index (χ1v) is 8.98. The van der Waals surface area contributed by atoms with E-state index in [4.69, 9.17) is 0 Å². The second-order valence-electron chi connectivity index (χ2n) is 4.77. The highest BCUT2D eigenvalue weighted by molar-refractivity contribution is 7.91. The van der Waals surface area contributed by atoms with E-state index in [0.717, 1.165) is 26.8 Å². The van der Waals surface area contributed by atoms with Gasteiger partial charge in [-0.1, -0.05) is 42.5 Å². The zero-order valence-corrected chi connectivity index (χ0v) is 12.9. The van der Waals surface area contributed by atoms with E-state index < -0.39 is 9.84 Å². The minimum Gasteiger partial charge on any atom is -0.298 e. The Morgan fingerprint density at radius 3 is 2.29 bits per heavy atom. The molecule has 3 rings (SSSR count). The number of sulfone groups is 1. The molecule has 3 aromatic rings. The van der Waals surface area contributed by atoms with Crippen LogP contribution >= 0.6 is 11.3 Å². The van der Waals surface area contributed by atoms with Gasteiger partial charge in [0.15, 0.2) is 9.84 Å². The Hall–Kier alpha value is -1.98. The van der Waals surface area contributed by atoms with Crippen molar-refractivity contribution in [3.05, 3.63) is 54.1 Å². The lowest BCUT2D eigenvalue weighted by Gasteiger charge is -2.03. The zero-order chi connectivity index (χ0) is 15.0. The number of aldehydes is 1. The van der Waals surface area contributed by atoms with Gasteiger partial charge >= 0.3 is 0 Å². The molecule has 21 heavy (non-hydrogen) atoms. The molecule has 1 heterocycles. The van der Waals surface area contributed by atoms with Crippen LogP contribution in [0.15, 0.2) is 53.4 Å². The lowest BCUT2D eigenvalue weighted by atomic mass is 10.1. The van der Waals surface area contributed by atoms with Crippen LogP contribution in [0.1, 0.15) is 10.4 Å². The summed E-state index contributed by atoms with van der Waals surface area (Å²) < 4.78 is 25.3. The van der Waals surface area contributed by atoms with Gasteiger partial charge in [0.05, 0.1) is 9.77 Å². The van der Waals surface area contributed by atoms with Gasteiger partial charge in [0.2, 0.25) is 0 Å². The van der Waals surface area contributed by atoms with Crippen LogP contribution in [0, 0.1) is 0 Å². The molecular formula is C16H12O3S2. The summed E-state index contributed by atoms with van der Waals surface area (Å²) in [6.45, 7) is 0. The van der Waals surface area contributed by atoms with E-state index in [-0.39, 0.29) is 0 Å². The van der Waals surface area contributed by atoms with Crippen LogP contribution in [0.5, 0.6) is 0 Å². The number of benzene rings is 2. The summed E-state index contributed by atoms with van der Waals surface area (Å²) in [6, 6.07) is 14.4. The maximum Gasteiger partial charge on any atom is 0.177 e. The lowest BCUT2D eigenvalue weighted by molar-refractivity contribution is 0.112. The summed E-state index contributed by atoms with van der Waals surface area (Å²) in [5.41, 5.74) is 1.38. The first kappa shape index (κ1) is 14.0. The monoisotopic (exact) mass is 316 g/mol. The minimum absolute atomic E-state index is 0.363. The van der Waals surface area contributed by atoms with Crippen LogP contribution in [0.2, 0.25) is 0 Å². The van der Waals surface area contributed by atoms with Crippen LogP contribution in [-0.2, 0) is 9.84 Å². The first-order valence-electron chi connectivity index (χ1n) is 6.28. The molecule has 0 bridgehead atoms. The third-order valence-electron chi connectivity index (χ3n) is 3.23. The van der Waals surface area contributed by atoms with Crippen LogP contribution in [-0.4, -0.2) is 21.0 Å². The molecule has 0 fully saturated rings. The maximum atomic E-state index is 12.2. The average Bonchev–Trinajstić information content (AvgIpc) is 2.86. The van der Waals surface area contributed by atoms with Gasteiger partial charge in [-0.25, -0.2) is 8.42 Å². The van der Waals surface area contributed by atoms with Crippen LogP contribution in [0.4, 0.5) is 0 Å². The Morgan fingerprint density at radius 1 is 1.00 bits per heavy atom. The predicted octanol–water partition coefficient (Wildman–Crippen LogP) is 3.78. The molecule has 0 aliphatic heterocycles. The van der Waals surface area contributed by atoms with Gasteiger partial charge in [0.1, 0.15) is 6.29 Å². The molecule has 3 nitrogen and oxygen atoms in total. The number of hydrogen-bond donors (Lipinski definition) is 0. The Morgan fingerprint density at radius 2 is 1.67 bits per heavy atom. The summed E-state index contributed by atoms with van der Waals surface area (Å²) in [7, 11) is -3.34. The molecule has 1 aromatic heterocycles. The summed E-state index contributed by atoms with van der Waals surface area (Å²) in [5.74, 6) is 0. The van der Waals surface area contributed by atoms with Crippen molar-refractivity contribution in [2.45, 2.75) is 4.90 Å². The van der Waals surface area contributed by atoms with Crippen LogP contribution < -0.4 is 0 Å². The van der Waals surface area contributed by atoms with Gasteiger partial charge in [-0.15, -0.1) is 11.3 Å². The summed E-state index contributed by atoms with van der Waals surface area (Å²) >= 11 is 1.45. The predicted molar refractivity (Wildman–Crippen MR) is 85.8 cm³/mol. The number of hydrogen-bond acceptors (Lipinski definition) is 4. The third kappa shape index (κ3) is 2.50. The SMILES string of the molecule is CS(=O)(=O)c1c(-c2ccc(C=O)cc2)sc2ccccc12. The van der Waals surface area contributed by atoms with E-state index in [0.29, 0.717) is 10.5 Å². The van der Waals surface area contributed by atoms with Gasteiger partial charge in [-0.3, -0.25) is 4.79 Å². The Labute approximate surface area is 126 Å². The topological polar surface area (TPSA) is 51.2 Å². The molecule has 5 heteroatoms. The lowest BCUT2D eigenvalue weighted by Crippen LogP contribution is -1.97. The van der Waals surface area contributed by atoms with Crippen molar-refractivity contribution in [1.29, 1.82) is 0 Å². The molecule has 0 radical (unpaired) electrons. The Bertz CT molecular complexity index is 920. The van der Waals surface area contributed by atoms with E-state index in [2.05, 4.69) is 0 Å². The van der Waals surface area contributed by atoms with E-state index in [9.17, 15) is 13.2 Å². The highest BCUT2D eigenvalue weighted by Gasteiger charge is 2.21. The highest BCUT2D eigenvalue weighted by atomic mass is 32.2. The number of rotatable bonds is 3. The Kier molecular flexibility index (Phi) is 3.39. The molecule has 0 saturated heterocycles. The molecule has 0 N–H and O–H groups in total. The van der Waals surface area contributed by atoms with Gasteiger partial charge in [-0.2, -0.15) is 0 Å². The average molecular weight is 316 g/mol. The molecule has 0 atom stereocenters. The molecule has 0 spiro atoms. The third-order valence-corrected chi connectivity index (χ3v) is 5.74. The second kappa shape index (κ2) is 5.09. The molecule has 0 saturated carbocycles. The van der Waals surface area contributed by atoms with E-state index in [1.165, 1.54) is 17.6 Å². The fraction of sp³-hybridized carbons (Fsp3) is 0.0625. The fourth-order valence-electron chi connectivity index (χ4n) is 2.29. The second-order valence-corrected chi connectivity index (χ2v) is 7.77. The first-order chi connectivity index (χ1) is 10.0. The van der Waals surface area contributed by atoms with Crippen molar-refractivity contribution >= 4 is 37.5 Å². The summed E-state index contributed by atoms with van der Waals surface area (Å²) in [6.07, 6.45) is 2.00. The summed E-state index contributed by atoms with van der Waals surface area (Å²) in [4.78, 5) is 11.8. The van der Waals surface area contributed by atoms with Crippen molar-refractivity contribution in [3.63, 3.8) is 0 Å². The minimum atomic E-state index is -3.34. The number of carbonyl (C=O) groups is 1. The van der Waals surface area contributed by atoms with E-state index in [1.807, 2.05) is 24.3 Å². The standard InChI is InChI=1S/C16H12O3S2/c1-21(18,19)16-13-4-2-3-5-14(13)20-15(16)12-8-6-11(10-17)7-9-12/h2-10H,1H3. The van der Waals surface area contributed by atoms with Crippen LogP contribution in [0.25, 0.3) is 20.5 Å². The van der Waals surface area contributed by atoms with Crippen molar-refractivity contribution in [3.8, 4) is 10.4 Å². The van der Waals surface area contributed by atoms with Crippen molar-refractivity contribution < 1.29 is 13.2 Å². The smallest absolute Gasteiger partial charge is 0.177 e.